The minimum Gasteiger partial charge on any atom is -0.491 e. The van der Waals surface area contributed by atoms with E-state index in [0.29, 0.717) is 18.0 Å². The fourth-order valence-electron chi connectivity index (χ4n) is 1.98. The largest absolute Gasteiger partial charge is 0.491 e. The maximum atomic E-state index is 12.4. The van der Waals surface area contributed by atoms with Gasteiger partial charge in [0.2, 0.25) is 0 Å². The quantitative estimate of drug-likeness (QED) is 0.591. The Balaban J connectivity index is 2.24. The molecule has 2 aromatic rings. The predicted molar refractivity (Wildman–Crippen MR) is 90.3 cm³/mol. The number of aromatic nitrogens is 2. The molecule has 0 unspecified atom stereocenters. The summed E-state index contributed by atoms with van der Waals surface area (Å²) in [6, 6.07) is 7.27. The normalized spacial score (nSPS) is 10.2. The zero-order valence-electron chi connectivity index (χ0n) is 13.8. The van der Waals surface area contributed by atoms with Crippen LogP contribution in [0.1, 0.15) is 37.0 Å². The molecule has 0 amide bonds. The summed E-state index contributed by atoms with van der Waals surface area (Å²) in [6.07, 6.45) is 4.46. The number of para-hydroxylation sites is 2. The minimum atomic E-state index is -0.696. The highest BCUT2D eigenvalue weighted by atomic mass is 16.5. The van der Waals surface area contributed by atoms with Crippen LogP contribution in [0.25, 0.3) is 0 Å². The van der Waals surface area contributed by atoms with E-state index in [2.05, 4.69) is 17.3 Å². The van der Waals surface area contributed by atoms with Crippen LogP contribution in [-0.2, 0) is 4.74 Å². The summed E-state index contributed by atoms with van der Waals surface area (Å²) in [7, 11) is 0. The monoisotopic (exact) mass is 331 g/mol. The number of esters is 1. The molecular formula is C17H21N3O4. The fourth-order valence-corrected chi connectivity index (χ4v) is 1.98. The lowest BCUT2D eigenvalue weighted by Crippen LogP contribution is -2.31. The molecule has 0 fully saturated rings. The topological polar surface area (TPSA) is 82.4 Å². The third kappa shape index (κ3) is 4.34. The van der Waals surface area contributed by atoms with Crippen molar-refractivity contribution < 1.29 is 14.3 Å². The number of benzene rings is 1. The number of carbonyl (C=O) groups excluding carboxylic acids is 1. The second kappa shape index (κ2) is 8.71. The Bertz CT molecular complexity index is 743. The zero-order valence-corrected chi connectivity index (χ0v) is 13.8. The summed E-state index contributed by atoms with van der Waals surface area (Å²) < 4.78 is 11.7. The highest BCUT2D eigenvalue weighted by molar-refractivity contribution is 5.88. The SMILES string of the molecule is CCCCOc1ccccc1Nn1cncc(C(=O)OCC)c1=O. The van der Waals surface area contributed by atoms with Gasteiger partial charge in [-0.2, -0.15) is 0 Å². The van der Waals surface area contributed by atoms with Crippen molar-refractivity contribution in [3.05, 3.63) is 52.7 Å². The molecule has 7 heteroatoms. The Hall–Kier alpha value is -2.83. The van der Waals surface area contributed by atoms with Gasteiger partial charge in [-0.05, 0) is 25.5 Å². The molecule has 0 bridgehead atoms. The average molecular weight is 331 g/mol. The molecule has 24 heavy (non-hydrogen) atoms. The van der Waals surface area contributed by atoms with Crippen molar-refractivity contribution >= 4 is 11.7 Å². The van der Waals surface area contributed by atoms with Crippen LogP contribution in [0.2, 0.25) is 0 Å². The van der Waals surface area contributed by atoms with E-state index in [0.717, 1.165) is 17.5 Å². The van der Waals surface area contributed by atoms with E-state index in [-0.39, 0.29) is 12.2 Å². The van der Waals surface area contributed by atoms with Crippen molar-refractivity contribution in [3.8, 4) is 5.75 Å². The molecule has 1 heterocycles. The number of ether oxygens (including phenoxy) is 2. The van der Waals surface area contributed by atoms with Gasteiger partial charge in [0.1, 0.15) is 17.6 Å². The number of unbranched alkanes of at least 4 members (excludes halogenated alkanes) is 1. The highest BCUT2D eigenvalue weighted by Gasteiger charge is 2.14. The first-order valence-corrected chi connectivity index (χ1v) is 7.90. The molecule has 7 nitrogen and oxygen atoms in total. The molecule has 1 N–H and O–H groups in total. The molecule has 0 aliphatic carbocycles. The lowest BCUT2D eigenvalue weighted by molar-refractivity contribution is 0.0523. The first-order chi connectivity index (χ1) is 11.7. The van der Waals surface area contributed by atoms with E-state index in [1.54, 1.807) is 13.0 Å². The Morgan fingerprint density at radius 3 is 2.83 bits per heavy atom. The summed E-state index contributed by atoms with van der Waals surface area (Å²) in [4.78, 5) is 28.1. The summed E-state index contributed by atoms with van der Waals surface area (Å²) in [5.41, 5.74) is 2.86. The molecule has 0 saturated heterocycles. The van der Waals surface area contributed by atoms with E-state index in [4.69, 9.17) is 9.47 Å². The zero-order chi connectivity index (χ0) is 17.4. The minimum absolute atomic E-state index is 0.128. The van der Waals surface area contributed by atoms with Crippen molar-refractivity contribution in [1.29, 1.82) is 0 Å². The maximum absolute atomic E-state index is 12.4. The summed E-state index contributed by atoms with van der Waals surface area (Å²) in [5.74, 6) is -0.0713. The van der Waals surface area contributed by atoms with Crippen LogP contribution in [0.3, 0.4) is 0 Å². The Morgan fingerprint density at radius 1 is 1.29 bits per heavy atom. The second-order valence-corrected chi connectivity index (χ2v) is 5.01. The first kappa shape index (κ1) is 17.5. The maximum Gasteiger partial charge on any atom is 0.345 e. The van der Waals surface area contributed by atoms with E-state index < -0.39 is 11.5 Å². The average Bonchev–Trinajstić information content (AvgIpc) is 2.58. The summed E-state index contributed by atoms with van der Waals surface area (Å²) >= 11 is 0. The molecule has 0 radical (unpaired) electrons. The van der Waals surface area contributed by atoms with Crippen molar-refractivity contribution in [2.45, 2.75) is 26.7 Å². The third-order valence-corrected chi connectivity index (χ3v) is 3.21. The lowest BCUT2D eigenvalue weighted by Gasteiger charge is -2.14. The van der Waals surface area contributed by atoms with Gasteiger partial charge in [0.15, 0.2) is 0 Å². The number of carbonyl (C=O) groups is 1. The molecule has 0 saturated carbocycles. The van der Waals surface area contributed by atoms with Crippen LogP contribution in [0, 0.1) is 0 Å². The lowest BCUT2D eigenvalue weighted by atomic mass is 10.3. The Morgan fingerprint density at radius 2 is 2.08 bits per heavy atom. The number of nitrogens with zero attached hydrogens (tertiary/aromatic N) is 2. The van der Waals surface area contributed by atoms with Crippen LogP contribution in [0.5, 0.6) is 5.75 Å². The van der Waals surface area contributed by atoms with E-state index >= 15 is 0 Å². The van der Waals surface area contributed by atoms with E-state index in [9.17, 15) is 9.59 Å². The number of nitrogens with one attached hydrogen (secondary N) is 1. The van der Waals surface area contributed by atoms with Crippen LogP contribution in [0.15, 0.2) is 41.6 Å². The van der Waals surface area contributed by atoms with Crippen LogP contribution in [-0.4, -0.2) is 28.8 Å². The summed E-state index contributed by atoms with van der Waals surface area (Å²) in [5, 5.41) is 0. The molecule has 0 aliphatic rings. The van der Waals surface area contributed by atoms with Crippen molar-refractivity contribution in [2.75, 3.05) is 18.6 Å². The van der Waals surface area contributed by atoms with Gasteiger partial charge in [0, 0.05) is 6.20 Å². The second-order valence-electron chi connectivity index (χ2n) is 5.01. The number of hydrogen-bond acceptors (Lipinski definition) is 6. The van der Waals surface area contributed by atoms with Crippen LogP contribution in [0.4, 0.5) is 5.69 Å². The highest BCUT2D eigenvalue weighted by Crippen LogP contribution is 2.23. The fraction of sp³-hybridized carbons (Fsp3) is 0.353. The number of anilines is 1. The molecule has 128 valence electrons. The van der Waals surface area contributed by atoms with Crippen LogP contribution >= 0.6 is 0 Å². The smallest absolute Gasteiger partial charge is 0.345 e. The molecule has 0 aliphatic heterocycles. The number of rotatable bonds is 8. The molecule has 0 atom stereocenters. The first-order valence-electron chi connectivity index (χ1n) is 7.90. The van der Waals surface area contributed by atoms with E-state index in [1.807, 2.05) is 18.2 Å². The van der Waals surface area contributed by atoms with Crippen molar-refractivity contribution in [2.24, 2.45) is 0 Å². The van der Waals surface area contributed by atoms with E-state index in [1.165, 1.54) is 12.5 Å². The van der Waals surface area contributed by atoms with Gasteiger partial charge in [-0.15, -0.1) is 0 Å². The van der Waals surface area contributed by atoms with Crippen molar-refractivity contribution in [1.82, 2.24) is 9.66 Å². The van der Waals surface area contributed by atoms with Gasteiger partial charge in [-0.1, -0.05) is 25.5 Å². The van der Waals surface area contributed by atoms with Crippen molar-refractivity contribution in [3.63, 3.8) is 0 Å². The van der Waals surface area contributed by atoms with Gasteiger partial charge < -0.3 is 9.47 Å². The van der Waals surface area contributed by atoms with Gasteiger partial charge in [-0.25, -0.2) is 14.5 Å². The molecular weight excluding hydrogens is 310 g/mol. The van der Waals surface area contributed by atoms with Gasteiger partial charge in [-0.3, -0.25) is 10.2 Å². The number of hydrogen-bond donors (Lipinski definition) is 1. The van der Waals surface area contributed by atoms with Gasteiger partial charge in [0.05, 0.1) is 18.9 Å². The molecule has 1 aromatic carbocycles. The third-order valence-electron chi connectivity index (χ3n) is 3.21. The summed E-state index contributed by atoms with van der Waals surface area (Å²) in [6.45, 7) is 4.54. The van der Waals surface area contributed by atoms with Gasteiger partial charge in [0.25, 0.3) is 5.56 Å². The van der Waals surface area contributed by atoms with Gasteiger partial charge >= 0.3 is 5.97 Å². The molecule has 2 rings (SSSR count). The Kier molecular flexibility index (Phi) is 6.36. The molecule has 0 spiro atoms. The Labute approximate surface area is 140 Å². The molecule has 1 aromatic heterocycles. The standard InChI is InChI=1S/C17H21N3O4/c1-3-5-10-24-15-9-7-6-8-14(15)19-20-12-18-11-13(16(20)21)17(22)23-4-2/h6-9,11-12,19H,3-5,10H2,1-2H3. The van der Waals surface area contributed by atoms with Crippen LogP contribution < -0.4 is 15.7 Å². The predicted octanol–water partition coefficient (Wildman–Crippen LogP) is 2.47.